The van der Waals surface area contributed by atoms with Gasteiger partial charge in [-0.1, -0.05) is 51.9 Å². The maximum absolute atomic E-state index is 5.87. The minimum absolute atomic E-state index is 0.549. The van der Waals surface area contributed by atoms with Crippen molar-refractivity contribution < 1.29 is 4.74 Å². The van der Waals surface area contributed by atoms with Gasteiger partial charge >= 0.3 is 0 Å². The zero-order chi connectivity index (χ0) is 32.6. The lowest BCUT2D eigenvalue weighted by atomic mass is 10.1. The van der Waals surface area contributed by atoms with Crippen LogP contribution in [0.5, 0.6) is 5.75 Å². The van der Waals surface area contributed by atoms with E-state index in [0.717, 1.165) is 54.9 Å². The molecular formula is C30H25N15OS2. The maximum Gasteiger partial charge on any atom is 0.256 e. The van der Waals surface area contributed by atoms with Crippen molar-refractivity contribution in [1.29, 1.82) is 0 Å². The molecule has 48 heavy (non-hydrogen) atoms. The first kappa shape index (κ1) is 29.6. The molecule has 6 aromatic heterocycles. The Morgan fingerprint density at radius 1 is 0.729 bits per heavy atom. The van der Waals surface area contributed by atoms with E-state index >= 15 is 0 Å². The van der Waals surface area contributed by atoms with Gasteiger partial charge in [0.05, 0.1) is 40.6 Å². The lowest BCUT2D eigenvalue weighted by Crippen LogP contribution is -2.06. The predicted molar refractivity (Wildman–Crippen MR) is 178 cm³/mol. The first-order valence-electron chi connectivity index (χ1n) is 14.6. The summed E-state index contributed by atoms with van der Waals surface area (Å²) in [6, 6.07) is 17.8. The highest BCUT2D eigenvalue weighted by molar-refractivity contribution is 7.98. The summed E-state index contributed by atoms with van der Waals surface area (Å²) in [6.45, 7) is 0. The van der Waals surface area contributed by atoms with Crippen molar-refractivity contribution in [3.05, 3.63) is 84.7 Å². The molecule has 0 unspecified atom stereocenters. The number of fused-ring (bicyclic) bond motifs is 2. The highest BCUT2D eigenvalue weighted by atomic mass is 32.2. The number of methoxy groups -OCH3 is 1. The molecule has 8 rings (SSSR count). The number of para-hydroxylation sites is 2. The molecule has 0 radical (unpaired) electrons. The molecule has 6 heterocycles. The number of benzene rings is 2. The van der Waals surface area contributed by atoms with E-state index in [9.17, 15) is 0 Å². The number of aryl methyl sites for hydroxylation is 2. The Balaban J connectivity index is 1.10. The molecule has 0 spiro atoms. The van der Waals surface area contributed by atoms with E-state index in [2.05, 4.69) is 41.0 Å². The van der Waals surface area contributed by atoms with Crippen molar-refractivity contribution >= 4 is 45.6 Å². The van der Waals surface area contributed by atoms with Crippen LogP contribution in [0.3, 0.4) is 0 Å². The van der Waals surface area contributed by atoms with E-state index < -0.39 is 0 Å². The Morgan fingerprint density at radius 2 is 1.42 bits per heavy atom. The summed E-state index contributed by atoms with van der Waals surface area (Å²) >= 11 is 3.09. The van der Waals surface area contributed by atoms with Crippen molar-refractivity contribution in [2.24, 2.45) is 14.1 Å². The summed E-state index contributed by atoms with van der Waals surface area (Å²) in [4.78, 5) is 23.0. The Kier molecular flexibility index (Phi) is 7.69. The van der Waals surface area contributed by atoms with Crippen LogP contribution in [0.25, 0.3) is 45.1 Å². The van der Waals surface area contributed by atoms with E-state index in [-0.39, 0.29) is 0 Å². The maximum atomic E-state index is 5.87. The lowest BCUT2D eigenvalue weighted by molar-refractivity contribution is 0.415. The molecule has 0 N–H and O–H groups in total. The molecule has 2 aromatic carbocycles. The SMILES string of the molecule is COc1cc(CSc2nc3ccccc3n2-c2nnnn2C)ncc1-c1ccc2c(c1)nc(SCc1ccncn1)n2-c1nnnn1C. The van der Waals surface area contributed by atoms with Crippen molar-refractivity contribution in [1.82, 2.24) is 74.5 Å². The highest BCUT2D eigenvalue weighted by Gasteiger charge is 2.21. The molecule has 0 aliphatic rings. The molecule has 0 bridgehead atoms. The summed E-state index contributed by atoms with van der Waals surface area (Å²) < 4.78 is 13.0. The first-order chi connectivity index (χ1) is 23.6. The molecule has 0 amide bonds. The van der Waals surface area contributed by atoms with Crippen LogP contribution in [0.1, 0.15) is 11.4 Å². The van der Waals surface area contributed by atoms with E-state index in [1.54, 1.807) is 60.3 Å². The molecular weight excluding hydrogens is 651 g/mol. The van der Waals surface area contributed by atoms with Gasteiger partial charge in [0.25, 0.3) is 11.9 Å². The smallest absolute Gasteiger partial charge is 0.256 e. The van der Waals surface area contributed by atoms with Gasteiger partial charge in [-0.3, -0.25) is 14.1 Å². The van der Waals surface area contributed by atoms with E-state index in [1.165, 1.54) is 6.33 Å². The molecule has 0 aliphatic heterocycles. The fraction of sp³-hybridized carbons (Fsp3) is 0.167. The quantitative estimate of drug-likeness (QED) is 0.191. The van der Waals surface area contributed by atoms with Crippen LogP contribution in [0.15, 0.2) is 83.6 Å². The number of ether oxygens (including phenoxy) is 1. The minimum Gasteiger partial charge on any atom is -0.496 e. The molecule has 0 saturated heterocycles. The van der Waals surface area contributed by atoms with Gasteiger partial charge in [0.1, 0.15) is 12.1 Å². The number of aromatic nitrogens is 15. The van der Waals surface area contributed by atoms with E-state index in [4.69, 9.17) is 19.7 Å². The number of imidazole rings is 2. The van der Waals surface area contributed by atoms with Crippen LogP contribution in [-0.2, 0) is 25.6 Å². The van der Waals surface area contributed by atoms with Gasteiger partial charge in [-0.25, -0.2) is 29.3 Å². The Hall–Kier alpha value is -5.75. The van der Waals surface area contributed by atoms with Crippen molar-refractivity contribution in [3.8, 4) is 28.8 Å². The molecule has 0 fully saturated rings. The van der Waals surface area contributed by atoms with E-state index in [0.29, 0.717) is 29.2 Å². The highest BCUT2D eigenvalue weighted by Crippen LogP contribution is 2.36. The van der Waals surface area contributed by atoms with Crippen LogP contribution < -0.4 is 4.74 Å². The van der Waals surface area contributed by atoms with Gasteiger partial charge < -0.3 is 4.74 Å². The Bertz CT molecular complexity index is 2400. The number of pyridine rings is 1. The topological polar surface area (TPSA) is 171 Å². The van der Waals surface area contributed by atoms with E-state index in [1.807, 2.05) is 69.9 Å². The third kappa shape index (κ3) is 5.39. The van der Waals surface area contributed by atoms with Gasteiger partial charge in [0.2, 0.25) is 0 Å². The standard InChI is InChI=1S/C30H25N15OS2/c1-42-27(36-38-40-42)44-24-7-5-4-6-22(24)34-29(44)48-16-20-13-26(46-3)21(14-32-20)18-8-9-25-23(12-18)35-30(45(25)28-37-39-41-43(28)2)47-15-19-10-11-31-17-33-19/h4-14,17H,15-16H2,1-3H3. The number of nitrogens with zero attached hydrogens (tertiary/aromatic N) is 15. The monoisotopic (exact) mass is 675 g/mol. The van der Waals surface area contributed by atoms with Crippen LogP contribution >= 0.6 is 23.5 Å². The minimum atomic E-state index is 0.549. The summed E-state index contributed by atoms with van der Waals surface area (Å²) in [5.41, 5.74) is 6.89. The third-order valence-electron chi connectivity index (χ3n) is 7.54. The molecule has 0 aliphatic carbocycles. The molecule has 0 saturated carbocycles. The second-order valence-corrected chi connectivity index (χ2v) is 12.4. The zero-order valence-corrected chi connectivity index (χ0v) is 27.4. The molecule has 18 heteroatoms. The van der Waals surface area contributed by atoms with Crippen LogP contribution in [0.2, 0.25) is 0 Å². The van der Waals surface area contributed by atoms with Gasteiger partial charge in [0, 0.05) is 49.6 Å². The summed E-state index contributed by atoms with van der Waals surface area (Å²) in [5, 5.41) is 25.7. The van der Waals surface area contributed by atoms with Gasteiger partial charge in [0.15, 0.2) is 10.3 Å². The number of thioether (sulfide) groups is 2. The van der Waals surface area contributed by atoms with Crippen LogP contribution in [0.4, 0.5) is 0 Å². The predicted octanol–water partition coefficient (Wildman–Crippen LogP) is 3.86. The summed E-state index contributed by atoms with van der Waals surface area (Å²) in [5.74, 6) is 2.98. The van der Waals surface area contributed by atoms with Gasteiger partial charge in [-0.2, -0.15) is 0 Å². The Morgan fingerprint density at radius 3 is 2.08 bits per heavy atom. The lowest BCUT2D eigenvalue weighted by Gasteiger charge is -2.11. The number of hydrogen-bond donors (Lipinski definition) is 0. The molecule has 0 atom stereocenters. The largest absolute Gasteiger partial charge is 0.496 e. The second-order valence-electron chi connectivity index (χ2n) is 10.5. The Labute approximate surface area is 280 Å². The molecule has 8 aromatic rings. The fourth-order valence-electron chi connectivity index (χ4n) is 5.26. The number of tetrazole rings is 2. The van der Waals surface area contributed by atoms with Crippen LogP contribution in [0, 0.1) is 0 Å². The van der Waals surface area contributed by atoms with Crippen molar-refractivity contribution in [3.63, 3.8) is 0 Å². The van der Waals surface area contributed by atoms with Gasteiger partial charge in [-0.15, -0.1) is 0 Å². The van der Waals surface area contributed by atoms with Crippen molar-refractivity contribution in [2.45, 2.75) is 21.8 Å². The fourth-order valence-corrected chi connectivity index (χ4v) is 7.09. The van der Waals surface area contributed by atoms with Gasteiger partial charge in [-0.05, 0) is 56.7 Å². The third-order valence-corrected chi connectivity index (χ3v) is 9.49. The molecule has 238 valence electrons. The number of rotatable bonds is 10. The number of hydrogen-bond acceptors (Lipinski definition) is 14. The molecule has 16 nitrogen and oxygen atoms in total. The summed E-state index contributed by atoms with van der Waals surface area (Å²) in [6.07, 6.45) is 5.10. The first-order valence-corrected chi connectivity index (χ1v) is 16.5. The normalized spacial score (nSPS) is 11.6. The van der Waals surface area contributed by atoms with Crippen molar-refractivity contribution in [2.75, 3.05) is 7.11 Å². The average molecular weight is 676 g/mol. The zero-order valence-electron chi connectivity index (χ0n) is 25.8. The second kappa shape index (κ2) is 12.5. The van der Waals surface area contributed by atoms with Crippen LogP contribution in [-0.4, -0.2) is 81.6 Å². The average Bonchev–Trinajstić information content (AvgIpc) is 3.90. The summed E-state index contributed by atoms with van der Waals surface area (Å²) in [7, 11) is 5.26.